The zero-order valence-electron chi connectivity index (χ0n) is 14.4. The number of ketones is 1. The summed E-state index contributed by atoms with van der Waals surface area (Å²) in [5, 5.41) is 0. The Kier molecular flexibility index (Phi) is 4.24. The molecule has 6 heteroatoms. The van der Waals surface area contributed by atoms with Gasteiger partial charge in [0.2, 0.25) is 6.79 Å². The molecular formula is C20H19NO5. The first-order chi connectivity index (χ1) is 12.7. The number of fused-ring (bicyclic) bond motifs is 1. The number of likely N-dealkylation sites (tertiary alicyclic amines) is 1. The summed E-state index contributed by atoms with van der Waals surface area (Å²) < 4.78 is 15.8. The maximum atomic E-state index is 13.0. The number of amides is 1. The van der Waals surface area contributed by atoms with Gasteiger partial charge in [0.15, 0.2) is 17.3 Å². The van der Waals surface area contributed by atoms with Crippen molar-refractivity contribution in [2.75, 3.05) is 20.4 Å². The molecule has 4 rings (SSSR count). The number of nitrogens with zero attached hydrogens (tertiary/aromatic N) is 1. The molecule has 0 bridgehead atoms. The van der Waals surface area contributed by atoms with Gasteiger partial charge in [0.05, 0.1) is 13.2 Å². The van der Waals surface area contributed by atoms with Gasteiger partial charge in [-0.05, 0) is 55.3 Å². The van der Waals surface area contributed by atoms with Crippen molar-refractivity contribution >= 4 is 11.7 Å². The summed E-state index contributed by atoms with van der Waals surface area (Å²) >= 11 is 0. The van der Waals surface area contributed by atoms with Crippen molar-refractivity contribution in [3.63, 3.8) is 0 Å². The normalized spacial score (nSPS) is 18.0. The SMILES string of the molecule is COc1ccc(C(=O)C2CCCN2C(=O)c2ccc3c(c2)OCO3)cc1. The summed E-state index contributed by atoms with van der Waals surface area (Å²) in [6.45, 7) is 0.731. The van der Waals surface area contributed by atoms with E-state index in [0.717, 1.165) is 6.42 Å². The molecule has 0 spiro atoms. The Hall–Kier alpha value is -3.02. The lowest BCUT2D eigenvalue weighted by atomic mass is 10.0. The first-order valence-electron chi connectivity index (χ1n) is 8.56. The number of benzene rings is 2. The van der Waals surface area contributed by atoms with E-state index in [1.807, 2.05) is 0 Å². The predicted molar refractivity (Wildman–Crippen MR) is 93.9 cm³/mol. The zero-order valence-corrected chi connectivity index (χ0v) is 14.4. The van der Waals surface area contributed by atoms with Crippen molar-refractivity contribution in [3.05, 3.63) is 53.6 Å². The summed E-state index contributed by atoms with van der Waals surface area (Å²) in [6, 6.07) is 11.7. The van der Waals surface area contributed by atoms with Crippen LogP contribution in [0.25, 0.3) is 0 Å². The fraction of sp³-hybridized carbons (Fsp3) is 0.300. The monoisotopic (exact) mass is 353 g/mol. The molecule has 2 aliphatic rings. The standard InChI is InChI=1S/C20H19NO5/c1-24-15-7-4-13(5-8-15)19(22)16-3-2-10-21(16)20(23)14-6-9-17-18(11-14)26-12-25-17/h4-9,11,16H,2-3,10,12H2,1H3. The molecule has 0 aliphatic carbocycles. The molecular weight excluding hydrogens is 334 g/mol. The molecule has 2 aromatic rings. The van der Waals surface area contributed by atoms with Gasteiger partial charge in [0, 0.05) is 17.7 Å². The third-order valence-electron chi connectivity index (χ3n) is 4.81. The van der Waals surface area contributed by atoms with Crippen molar-refractivity contribution in [1.29, 1.82) is 0 Å². The van der Waals surface area contributed by atoms with E-state index in [0.29, 0.717) is 41.3 Å². The topological polar surface area (TPSA) is 65.1 Å². The molecule has 1 unspecified atom stereocenters. The highest BCUT2D eigenvalue weighted by Crippen LogP contribution is 2.33. The van der Waals surface area contributed by atoms with Crippen LogP contribution in [0.15, 0.2) is 42.5 Å². The van der Waals surface area contributed by atoms with E-state index in [1.165, 1.54) is 0 Å². The maximum absolute atomic E-state index is 13.0. The smallest absolute Gasteiger partial charge is 0.254 e. The Bertz CT molecular complexity index is 846. The molecule has 134 valence electrons. The number of rotatable bonds is 4. The quantitative estimate of drug-likeness (QED) is 0.791. The Labute approximate surface area is 151 Å². The minimum absolute atomic E-state index is 0.0424. The van der Waals surface area contributed by atoms with Gasteiger partial charge in [-0.15, -0.1) is 0 Å². The Morgan fingerprint density at radius 2 is 1.77 bits per heavy atom. The summed E-state index contributed by atoms with van der Waals surface area (Å²) in [7, 11) is 1.58. The number of methoxy groups -OCH3 is 1. The molecule has 0 aromatic heterocycles. The molecule has 2 heterocycles. The molecule has 2 aromatic carbocycles. The molecule has 26 heavy (non-hydrogen) atoms. The fourth-order valence-corrected chi connectivity index (χ4v) is 3.43. The van der Waals surface area contributed by atoms with Gasteiger partial charge in [-0.1, -0.05) is 0 Å². The first kappa shape index (κ1) is 16.4. The molecule has 6 nitrogen and oxygen atoms in total. The third kappa shape index (κ3) is 2.87. The van der Waals surface area contributed by atoms with Gasteiger partial charge in [-0.2, -0.15) is 0 Å². The summed E-state index contributed by atoms with van der Waals surface area (Å²) in [5.74, 6) is 1.69. The van der Waals surface area contributed by atoms with Gasteiger partial charge >= 0.3 is 0 Å². The van der Waals surface area contributed by atoms with Crippen LogP contribution < -0.4 is 14.2 Å². The number of Topliss-reactive ketones (excluding diaryl/α,β-unsaturated/α-hetero) is 1. The lowest BCUT2D eigenvalue weighted by molar-refractivity contribution is 0.0671. The predicted octanol–water partition coefficient (Wildman–Crippen LogP) is 2.91. The van der Waals surface area contributed by atoms with Crippen molar-refractivity contribution in [2.45, 2.75) is 18.9 Å². The highest BCUT2D eigenvalue weighted by atomic mass is 16.7. The van der Waals surface area contributed by atoms with Crippen LogP contribution in [-0.4, -0.2) is 43.1 Å². The van der Waals surface area contributed by atoms with E-state index < -0.39 is 6.04 Å². The van der Waals surface area contributed by atoms with Crippen LogP contribution in [0, 0.1) is 0 Å². The van der Waals surface area contributed by atoms with Gasteiger partial charge in [-0.25, -0.2) is 0 Å². The Morgan fingerprint density at radius 1 is 1.04 bits per heavy atom. The van der Waals surface area contributed by atoms with E-state index in [4.69, 9.17) is 14.2 Å². The van der Waals surface area contributed by atoms with E-state index in [-0.39, 0.29) is 18.5 Å². The molecule has 0 N–H and O–H groups in total. The van der Waals surface area contributed by atoms with Gasteiger partial charge < -0.3 is 19.1 Å². The van der Waals surface area contributed by atoms with Crippen LogP contribution in [0.4, 0.5) is 0 Å². The number of hydrogen-bond donors (Lipinski definition) is 0. The second-order valence-electron chi connectivity index (χ2n) is 6.32. The second kappa shape index (κ2) is 6.71. The highest BCUT2D eigenvalue weighted by Gasteiger charge is 2.35. The van der Waals surface area contributed by atoms with Crippen LogP contribution in [-0.2, 0) is 0 Å². The van der Waals surface area contributed by atoms with Crippen LogP contribution in [0.5, 0.6) is 17.2 Å². The molecule has 0 radical (unpaired) electrons. The lowest BCUT2D eigenvalue weighted by Crippen LogP contribution is -2.40. The maximum Gasteiger partial charge on any atom is 0.254 e. The van der Waals surface area contributed by atoms with E-state index in [1.54, 1.807) is 54.5 Å². The Morgan fingerprint density at radius 3 is 2.54 bits per heavy atom. The van der Waals surface area contributed by atoms with E-state index in [9.17, 15) is 9.59 Å². The molecule has 1 atom stereocenters. The van der Waals surface area contributed by atoms with Crippen molar-refractivity contribution in [1.82, 2.24) is 4.90 Å². The minimum atomic E-state index is -0.443. The number of hydrogen-bond acceptors (Lipinski definition) is 5. The molecule has 1 amide bonds. The molecule has 1 fully saturated rings. The number of carbonyl (C=O) groups excluding carboxylic acids is 2. The molecule has 2 aliphatic heterocycles. The van der Waals surface area contributed by atoms with E-state index in [2.05, 4.69) is 0 Å². The number of ether oxygens (including phenoxy) is 3. The van der Waals surface area contributed by atoms with Crippen molar-refractivity contribution < 1.29 is 23.8 Å². The fourth-order valence-electron chi connectivity index (χ4n) is 3.43. The first-order valence-corrected chi connectivity index (χ1v) is 8.56. The number of carbonyl (C=O) groups is 2. The van der Waals surface area contributed by atoms with E-state index >= 15 is 0 Å². The van der Waals surface area contributed by atoms with Crippen LogP contribution in [0.3, 0.4) is 0 Å². The molecule has 0 saturated carbocycles. The average Bonchev–Trinajstić information content (AvgIpc) is 3.35. The van der Waals surface area contributed by atoms with Gasteiger partial charge in [0.1, 0.15) is 5.75 Å². The van der Waals surface area contributed by atoms with Crippen LogP contribution in [0.2, 0.25) is 0 Å². The van der Waals surface area contributed by atoms with Crippen molar-refractivity contribution in [2.24, 2.45) is 0 Å². The highest BCUT2D eigenvalue weighted by molar-refractivity contribution is 6.04. The van der Waals surface area contributed by atoms with Gasteiger partial charge in [-0.3, -0.25) is 9.59 Å². The van der Waals surface area contributed by atoms with Crippen LogP contribution in [0.1, 0.15) is 33.6 Å². The molecule has 1 saturated heterocycles. The average molecular weight is 353 g/mol. The summed E-state index contributed by atoms with van der Waals surface area (Å²) in [5.41, 5.74) is 1.09. The summed E-state index contributed by atoms with van der Waals surface area (Å²) in [4.78, 5) is 27.5. The minimum Gasteiger partial charge on any atom is -0.497 e. The van der Waals surface area contributed by atoms with Crippen LogP contribution >= 0.6 is 0 Å². The lowest BCUT2D eigenvalue weighted by Gasteiger charge is -2.24. The zero-order chi connectivity index (χ0) is 18.1. The third-order valence-corrected chi connectivity index (χ3v) is 4.81. The summed E-state index contributed by atoms with van der Waals surface area (Å²) in [6.07, 6.45) is 1.48. The largest absolute Gasteiger partial charge is 0.497 e. The Balaban J connectivity index is 1.55. The van der Waals surface area contributed by atoms with Crippen molar-refractivity contribution in [3.8, 4) is 17.2 Å². The second-order valence-corrected chi connectivity index (χ2v) is 6.32. The van der Waals surface area contributed by atoms with Gasteiger partial charge in [0.25, 0.3) is 5.91 Å².